The number of unbranched alkanes of at least 4 members (excludes halogenated alkanes) is 1. The van der Waals surface area contributed by atoms with Crippen LogP contribution in [0.4, 0.5) is 0 Å². The molecule has 0 radical (unpaired) electrons. The fourth-order valence-corrected chi connectivity index (χ4v) is 6.49. The first-order valence-electron chi connectivity index (χ1n) is 20.0. The van der Waals surface area contributed by atoms with Gasteiger partial charge >= 0.3 is 5.97 Å². The van der Waals surface area contributed by atoms with Gasteiger partial charge in [0, 0.05) is 35.2 Å². The zero-order valence-corrected chi connectivity index (χ0v) is 36.3. The smallest absolute Gasteiger partial charge is 0.305 e. The maximum Gasteiger partial charge on any atom is 0.305 e. The molecule has 0 aromatic heterocycles. The predicted octanol–water partition coefficient (Wildman–Crippen LogP) is -1.82. The Morgan fingerprint density at radius 3 is 2.11 bits per heavy atom. The highest BCUT2D eigenvalue weighted by molar-refractivity contribution is 14.1. The lowest BCUT2D eigenvalue weighted by Crippen LogP contribution is -2.58. The molecule has 2 aromatic rings. The van der Waals surface area contributed by atoms with Crippen LogP contribution in [-0.2, 0) is 49.5 Å². The number of carboxylic acid groups (broad SMARTS) is 1. The van der Waals surface area contributed by atoms with E-state index in [0.717, 1.165) is 3.57 Å². The summed E-state index contributed by atoms with van der Waals surface area (Å²) in [6.45, 7) is 0.333. The third kappa shape index (κ3) is 20.1. The third-order valence-corrected chi connectivity index (χ3v) is 9.72. The van der Waals surface area contributed by atoms with Gasteiger partial charge in [0.05, 0.1) is 32.8 Å². The molecule has 1 aliphatic heterocycles. The van der Waals surface area contributed by atoms with Crippen LogP contribution in [0.25, 0.3) is 0 Å². The van der Waals surface area contributed by atoms with Gasteiger partial charge < -0.3 is 63.3 Å². The molecular weight excluding hydrogens is 921 g/mol. The van der Waals surface area contributed by atoms with Crippen LogP contribution in [0.1, 0.15) is 54.4 Å². The van der Waals surface area contributed by atoms with Crippen molar-refractivity contribution in [1.29, 1.82) is 0 Å². The van der Waals surface area contributed by atoms with E-state index in [2.05, 4.69) is 64.8 Å². The molecule has 22 heteroatoms. The lowest BCUT2D eigenvalue weighted by molar-refractivity contribution is -0.141. The molecule has 12 N–H and O–H groups in total. The van der Waals surface area contributed by atoms with Crippen LogP contribution in [0.15, 0.2) is 59.6 Å². The number of aliphatic imine (C=N–C) groups is 1. The molecule has 4 atom stereocenters. The molecule has 21 nitrogen and oxygen atoms in total. The minimum absolute atomic E-state index is 0.0295. The summed E-state index contributed by atoms with van der Waals surface area (Å²) in [7, 11) is 0. The fourth-order valence-electron chi connectivity index (χ4n) is 5.94. The molecule has 338 valence electrons. The zero-order valence-electron chi connectivity index (χ0n) is 34.1. The summed E-state index contributed by atoms with van der Waals surface area (Å²) < 4.78 is 11.8. The second-order valence-electron chi connectivity index (χ2n) is 14.0. The van der Waals surface area contributed by atoms with Crippen molar-refractivity contribution in [1.82, 2.24) is 37.2 Å². The van der Waals surface area contributed by atoms with Crippen molar-refractivity contribution in [2.75, 3.05) is 52.6 Å². The highest BCUT2D eigenvalue weighted by atomic mass is 125. The van der Waals surface area contributed by atoms with Crippen molar-refractivity contribution < 1.29 is 52.9 Å². The second-order valence-corrected chi connectivity index (χ2v) is 15.3. The van der Waals surface area contributed by atoms with Crippen molar-refractivity contribution in [2.45, 2.75) is 69.1 Å². The van der Waals surface area contributed by atoms with Crippen molar-refractivity contribution in [3.05, 3.63) is 69.3 Å². The van der Waals surface area contributed by atoms with E-state index in [-0.39, 0.29) is 77.1 Å². The van der Waals surface area contributed by atoms with Crippen LogP contribution < -0.4 is 48.7 Å². The molecule has 7 amide bonds. The standard InChI is InChI=1S/C40H55IN10O11/c41-27-11-6-10-26(21-27)35(56)45-16-17-61-18-19-62-24-33(53)44-14-5-4-12-29-37(58)49-28(13-7-15-46-40(42)43)36(57)47-23-32(52)48-31(22-34(54)55)39(60)51-30(38(59)50-29)20-25-8-2-1-3-9-25/h1-3,6,8-11,21,28-31H,4-5,7,12-20,22-24H2,(H,44,53)(H,45,56)(H,47,57)(H,48,52)(H,49,58)(H,50,59)(H,51,60)(H,54,55)(H4,42,43,46)/t28-,29-,30+,31-/m0/s1/i41-2. The van der Waals surface area contributed by atoms with Crippen LogP contribution in [0.2, 0.25) is 0 Å². The number of benzene rings is 2. The SMILES string of the molecule is NC(N)=NCCC[C@@H]1NC(=O)[C@H](CCCCNC(=O)COCCOCCNC(=O)c2cccc([125I])c2)NC(=O)[C@@H](Cc2ccccc2)NC(=O)[C@H](CC(=O)O)NC(=O)CNC1=O. The van der Waals surface area contributed by atoms with Gasteiger partial charge in [-0.15, -0.1) is 0 Å². The van der Waals surface area contributed by atoms with Crippen molar-refractivity contribution in [3.8, 4) is 0 Å². The summed E-state index contributed by atoms with van der Waals surface area (Å²) in [5.74, 6) is -6.32. The zero-order chi connectivity index (χ0) is 45.3. The monoisotopic (exact) mass is 976 g/mol. The van der Waals surface area contributed by atoms with E-state index in [9.17, 15) is 43.5 Å². The molecule has 0 aliphatic carbocycles. The minimum Gasteiger partial charge on any atom is -0.481 e. The molecule has 0 saturated carbocycles. The van der Waals surface area contributed by atoms with Crippen LogP contribution in [0.5, 0.6) is 0 Å². The highest BCUT2D eigenvalue weighted by Crippen LogP contribution is 2.10. The summed E-state index contributed by atoms with van der Waals surface area (Å²) in [5.41, 5.74) is 12.0. The number of hydrogen-bond acceptors (Lipinski definition) is 11. The number of halogens is 1. The molecule has 62 heavy (non-hydrogen) atoms. The maximum atomic E-state index is 13.9. The maximum absolute atomic E-state index is 13.9. The number of rotatable bonds is 22. The van der Waals surface area contributed by atoms with E-state index in [1.807, 2.05) is 6.07 Å². The van der Waals surface area contributed by atoms with E-state index in [1.165, 1.54) is 0 Å². The Balaban J connectivity index is 1.61. The van der Waals surface area contributed by atoms with E-state index in [1.54, 1.807) is 48.5 Å². The molecule has 1 heterocycles. The van der Waals surface area contributed by atoms with Gasteiger partial charge in [-0.2, -0.15) is 0 Å². The molecule has 0 spiro atoms. The summed E-state index contributed by atoms with van der Waals surface area (Å²) >= 11 is 2.13. The number of nitrogens with one attached hydrogen (secondary N) is 7. The summed E-state index contributed by atoms with van der Waals surface area (Å²) in [6.07, 6.45) is 0.118. The Morgan fingerprint density at radius 2 is 1.40 bits per heavy atom. The van der Waals surface area contributed by atoms with E-state index in [0.29, 0.717) is 30.5 Å². The third-order valence-electron chi connectivity index (χ3n) is 9.05. The van der Waals surface area contributed by atoms with Crippen LogP contribution >= 0.6 is 22.6 Å². The number of carboxylic acids is 1. The first kappa shape index (κ1) is 50.5. The fraction of sp³-hybridized carbons (Fsp3) is 0.475. The van der Waals surface area contributed by atoms with Crippen LogP contribution in [-0.4, -0.2) is 135 Å². The number of guanidine groups is 1. The number of carbonyl (C=O) groups is 8. The topological polar surface area (TPSA) is 324 Å². The number of nitrogens with two attached hydrogens (primary N) is 2. The van der Waals surface area contributed by atoms with Gasteiger partial charge in [-0.3, -0.25) is 43.3 Å². The lowest BCUT2D eigenvalue weighted by atomic mass is 10.0. The van der Waals surface area contributed by atoms with Gasteiger partial charge in [0.2, 0.25) is 35.4 Å². The van der Waals surface area contributed by atoms with Crippen molar-refractivity contribution in [3.63, 3.8) is 0 Å². The van der Waals surface area contributed by atoms with Gasteiger partial charge in [-0.05, 0) is 78.5 Å². The van der Waals surface area contributed by atoms with Gasteiger partial charge in [0.25, 0.3) is 5.91 Å². The summed E-state index contributed by atoms with van der Waals surface area (Å²) in [6, 6.07) is 10.4. The second kappa shape index (κ2) is 27.9. The highest BCUT2D eigenvalue weighted by Gasteiger charge is 2.33. The summed E-state index contributed by atoms with van der Waals surface area (Å²) in [5, 5.41) is 27.5. The molecule has 0 unspecified atom stereocenters. The first-order chi connectivity index (χ1) is 29.7. The normalized spacial score (nSPS) is 18.6. The number of hydrogen-bond donors (Lipinski definition) is 10. The van der Waals surface area contributed by atoms with E-state index < -0.39 is 78.5 Å². The predicted molar refractivity (Wildman–Crippen MR) is 233 cm³/mol. The lowest BCUT2D eigenvalue weighted by Gasteiger charge is -2.26. The quantitative estimate of drug-likeness (QED) is 0.0270. The average molecular weight is 977 g/mol. The molecule has 0 bridgehead atoms. The first-order valence-corrected chi connectivity index (χ1v) is 21.0. The van der Waals surface area contributed by atoms with Crippen LogP contribution in [0.3, 0.4) is 0 Å². The number of nitrogens with zero attached hydrogens (tertiary/aromatic N) is 1. The largest absolute Gasteiger partial charge is 0.481 e. The molecular formula is C40H55IN10O11. The molecule has 1 fully saturated rings. The molecule has 3 rings (SSSR count). The molecule has 1 saturated heterocycles. The Labute approximate surface area is 372 Å². The Kier molecular flexibility index (Phi) is 22.7. The van der Waals surface area contributed by atoms with Gasteiger partial charge in [0.1, 0.15) is 30.8 Å². The Bertz CT molecular complexity index is 1870. The molecule has 2 aromatic carbocycles. The van der Waals surface area contributed by atoms with E-state index in [4.69, 9.17) is 20.9 Å². The minimum atomic E-state index is -1.61. The Hall–Kier alpha value is -5.88. The van der Waals surface area contributed by atoms with E-state index >= 15 is 0 Å². The van der Waals surface area contributed by atoms with Crippen molar-refractivity contribution in [2.24, 2.45) is 16.5 Å². The number of amides is 7. The Morgan fingerprint density at radius 1 is 0.742 bits per heavy atom. The number of aliphatic carboxylic acids is 1. The van der Waals surface area contributed by atoms with Crippen molar-refractivity contribution >= 4 is 75.9 Å². The van der Waals surface area contributed by atoms with Crippen LogP contribution in [0, 0.1) is 3.57 Å². The van der Waals surface area contributed by atoms with Gasteiger partial charge in [-0.25, -0.2) is 0 Å². The summed E-state index contributed by atoms with van der Waals surface area (Å²) in [4.78, 5) is 107. The molecule has 1 aliphatic rings. The number of ether oxygens (including phenoxy) is 2. The van der Waals surface area contributed by atoms with Gasteiger partial charge in [0.15, 0.2) is 5.96 Å². The van der Waals surface area contributed by atoms with Gasteiger partial charge in [-0.1, -0.05) is 36.4 Å². The number of carbonyl (C=O) groups excluding carboxylic acids is 7. The average Bonchev–Trinajstić information content (AvgIpc) is 3.23.